The third kappa shape index (κ3) is 3.91. The zero-order valence-electron chi connectivity index (χ0n) is 16.2. The molecule has 0 aliphatic carbocycles. The number of hydrogen-bond donors (Lipinski definition) is 1. The summed E-state index contributed by atoms with van der Waals surface area (Å²) in [7, 11) is 0. The van der Waals surface area contributed by atoms with Gasteiger partial charge in [-0.2, -0.15) is 4.98 Å². The molecular weight excluding hydrogens is 352 g/mol. The summed E-state index contributed by atoms with van der Waals surface area (Å²) in [6.07, 6.45) is 2.81. The molecule has 1 aromatic heterocycles. The molecule has 0 radical (unpaired) electrons. The van der Waals surface area contributed by atoms with Crippen LogP contribution in [0, 0.1) is 13.8 Å². The van der Waals surface area contributed by atoms with E-state index in [0.717, 1.165) is 41.6 Å². The summed E-state index contributed by atoms with van der Waals surface area (Å²) in [4.78, 5) is 19.3. The van der Waals surface area contributed by atoms with E-state index in [1.165, 1.54) is 0 Å². The van der Waals surface area contributed by atoms with Crippen molar-refractivity contribution >= 4 is 11.7 Å². The van der Waals surface area contributed by atoms with E-state index in [1.807, 2.05) is 62.4 Å². The molecule has 6 heteroatoms. The van der Waals surface area contributed by atoms with E-state index in [1.54, 1.807) is 4.90 Å². The van der Waals surface area contributed by atoms with Crippen LogP contribution in [0.15, 0.2) is 53.1 Å². The van der Waals surface area contributed by atoms with Crippen LogP contribution in [0.25, 0.3) is 11.4 Å². The Bertz CT molecular complexity index is 965. The number of piperidine rings is 1. The summed E-state index contributed by atoms with van der Waals surface area (Å²) in [5.41, 5.74) is 4.00. The number of carbonyl (C=O) groups excluding carboxylic acids is 1. The molecule has 3 aromatic rings. The molecule has 28 heavy (non-hydrogen) atoms. The standard InChI is InChI=1S/C22H24N4O2/c1-15-9-11-18(12-10-15)23-22(27)26-13-4-3-8-19(26)21-24-20(25-28-21)17-7-5-6-16(2)14-17/h5-7,9-12,14,19H,3-4,8,13H2,1-2H3,(H,23,27)/t19-/m1/s1. The van der Waals surface area contributed by atoms with Crippen LogP contribution in [-0.4, -0.2) is 27.6 Å². The predicted molar refractivity (Wildman–Crippen MR) is 108 cm³/mol. The lowest BCUT2D eigenvalue weighted by Crippen LogP contribution is -2.41. The zero-order chi connectivity index (χ0) is 19.5. The van der Waals surface area contributed by atoms with Crippen LogP contribution >= 0.6 is 0 Å². The number of hydrogen-bond acceptors (Lipinski definition) is 4. The van der Waals surface area contributed by atoms with Gasteiger partial charge in [0.25, 0.3) is 0 Å². The highest BCUT2D eigenvalue weighted by molar-refractivity contribution is 5.89. The number of aromatic nitrogens is 2. The van der Waals surface area contributed by atoms with E-state index < -0.39 is 0 Å². The van der Waals surface area contributed by atoms with E-state index in [0.29, 0.717) is 18.3 Å². The maximum absolute atomic E-state index is 12.9. The molecule has 6 nitrogen and oxygen atoms in total. The lowest BCUT2D eigenvalue weighted by Gasteiger charge is -2.33. The largest absolute Gasteiger partial charge is 0.337 e. The summed E-state index contributed by atoms with van der Waals surface area (Å²) >= 11 is 0. The van der Waals surface area contributed by atoms with Crippen LogP contribution in [-0.2, 0) is 0 Å². The number of carbonyl (C=O) groups is 1. The first kappa shape index (κ1) is 18.2. The van der Waals surface area contributed by atoms with Crippen molar-refractivity contribution < 1.29 is 9.32 Å². The average molecular weight is 376 g/mol. The monoisotopic (exact) mass is 376 g/mol. The highest BCUT2D eigenvalue weighted by Gasteiger charge is 2.32. The minimum atomic E-state index is -0.203. The van der Waals surface area contributed by atoms with Gasteiger partial charge in [-0.05, 0) is 51.3 Å². The third-order valence-corrected chi connectivity index (χ3v) is 5.07. The normalized spacial score (nSPS) is 16.8. The van der Waals surface area contributed by atoms with Gasteiger partial charge in [0.1, 0.15) is 6.04 Å². The molecule has 1 fully saturated rings. The van der Waals surface area contributed by atoms with Gasteiger partial charge in [0.05, 0.1) is 0 Å². The van der Waals surface area contributed by atoms with Crippen molar-refractivity contribution in [3.8, 4) is 11.4 Å². The number of nitrogens with one attached hydrogen (secondary N) is 1. The molecule has 1 aliphatic heterocycles. The van der Waals surface area contributed by atoms with Crippen molar-refractivity contribution in [3.63, 3.8) is 0 Å². The molecule has 1 saturated heterocycles. The van der Waals surface area contributed by atoms with Crippen molar-refractivity contribution in [1.82, 2.24) is 15.0 Å². The number of aryl methyl sites for hydroxylation is 2. The molecule has 1 N–H and O–H groups in total. The number of rotatable bonds is 3. The van der Waals surface area contributed by atoms with Crippen LogP contribution in [0.3, 0.4) is 0 Å². The minimum absolute atomic E-state index is 0.135. The minimum Gasteiger partial charge on any atom is -0.337 e. The van der Waals surface area contributed by atoms with Crippen LogP contribution in [0.1, 0.15) is 42.3 Å². The number of urea groups is 1. The third-order valence-electron chi connectivity index (χ3n) is 5.07. The lowest BCUT2D eigenvalue weighted by atomic mass is 10.0. The van der Waals surface area contributed by atoms with Gasteiger partial charge >= 0.3 is 6.03 Å². The van der Waals surface area contributed by atoms with Gasteiger partial charge in [0.2, 0.25) is 11.7 Å². The van der Waals surface area contributed by atoms with Crippen molar-refractivity contribution in [2.45, 2.75) is 39.2 Å². The average Bonchev–Trinajstić information content (AvgIpc) is 3.20. The molecular formula is C22H24N4O2. The van der Waals surface area contributed by atoms with Crippen LogP contribution in [0.2, 0.25) is 0 Å². The van der Waals surface area contributed by atoms with E-state index in [-0.39, 0.29) is 12.1 Å². The maximum atomic E-state index is 12.9. The summed E-state index contributed by atoms with van der Waals surface area (Å²) < 4.78 is 5.56. The molecule has 0 spiro atoms. The molecule has 2 amide bonds. The van der Waals surface area contributed by atoms with Gasteiger partial charge in [0.15, 0.2) is 0 Å². The van der Waals surface area contributed by atoms with E-state index in [4.69, 9.17) is 4.52 Å². The molecule has 0 bridgehead atoms. The fourth-order valence-electron chi connectivity index (χ4n) is 3.54. The quantitative estimate of drug-likeness (QED) is 0.689. The van der Waals surface area contributed by atoms with Crippen molar-refractivity contribution in [1.29, 1.82) is 0 Å². The van der Waals surface area contributed by atoms with Crippen molar-refractivity contribution in [2.24, 2.45) is 0 Å². The van der Waals surface area contributed by atoms with Gasteiger partial charge in [-0.15, -0.1) is 0 Å². The SMILES string of the molecule is Cc1ccc(NC(=O)N2CCCC[C@@H]2c2nc(-c3cccc(C)c3)no2)cc1. The second-order valence-corrected chi connectivity index (χ2v) is 7.33. The molecule has 4 rings (SSSR count). The Hall–Kier alpha value is -3.15. The lowest BCUT2D eigenvalue weighted by molar-refractivity contribution is 0.142. The van der Waals surface area contributed by atoms with Crippen LogP contribution in [0.4, 0.5) is 10.5 Å². The summed E-state index contributed by atoms with van der Waals surface area (Å²) in [5.74, 6) is 1.05. The Morgan fingerprint density at radius 1 is 1.11 bits per heavy atom. The van der Waals surface area contributed by atoms with Gasteiger partial charge in [-0.3, -0.25) is 0 Å². The number of anilines is 1. The number of likely N-dealkylation sites (tertiary alicyclic amines) is 1. The number of benzene rings is 2. The fraction of sp³-hybridized carbons (Fsp3) is 0.318. The Kier molecular flexibility index (Phi) is 5.10. The fourth-order valence-corrected chi connectivity index (χ4v) is 3.54. The molecule has 0 unspecified atom stereocenters. The molecule has 144 valence electrons. The Morgan fingerprint density at radius 2 is 1.93 bits per heavy atom. The highest BCUT2D eigenvalue weighted by atomic mass is 16.5. The number of nitrogens with zero attached hydrogens (tertiary/aromatic N) is 3. The van der Waals surface area contributed by atoms with E-state index in [2.05, 4.69) is 15.5 Å². The van der Waals surface area contributed by atoms with Gasteiger partial charge < -0.3 is 14.7 Å². The molecule has 2 heterocycles. The maximum Gasteiger partial charge on any atom is 0.322 e. The predicted octanol–water partition coefficient (Wildman–Crippen LogP) is 5.11. The van der Waals surface area contributed by atoms with Crippen LogP contribution < -0.4 is 5.32 Å². The Morgan fingerprint density at radius 3 is 2.71 bits per heavy atom. The van der Waals surface area contributed by atoms with E-state index >= 15 is 0 Å². The molecule has 1 aliphatic rings. The summed E-state index contributed by atoms with van der Waals surface area (Å²) in [6.45, 7) is 4.72. The summed E-state index contributed by atoms with van der Waals surface area (Å²) in [6, 6.07) is 15.4. The number of amides is 2. The Balaban J connectivity index is 1.54. The van der Waals surface area contributed by atoms with Gasteiger partial charge in [-0.25, -0.2) is 4.79 Å². The smallest absolute Gasteiger partial charge is 0.322 e. The Labute approximate surface area is 164 Å². The molecule has 2 aromatic carbocycles. The zero-order valence-corrected chi connectivity index (χ0v) is 16.2. The van der Waals surface area contributed by atoms with Crippen LogP contribution in [0.5, 0.6) is 0 Å². The second-order valence-electron chi connectivity index (χ2n) is 7.33. The molecule has 0 saturated carbocycles. The van der Waals surface area contributed by atoms with Gasteiger partial charge in [-0.1, -0.05) is 46.6 Å². The van der Waals surface area contributed by atoms with Crippen molar-refractivity contribution in [3.05, 3.63) is 65.5 Å². The first-order valence-corrected chi connectivity index (χ1v) is 9.65. The van der Waals surface area contributed by atoms with Crippen molar-refractivity contribution in [2.75, 3.05) is 11.9 Å². The first-order chi connectivity index (χ1) is 13.6. The topological polar surface area (TPSA) is 71.3 Å². The first-order valence-electron chi connectivity index (χ1n) is 9.65. The highest BCUT2D eigenvalue weighted by Crippen LogP contribution is 2.31. The summed E-state index contributed by atoms with van der Waals surface area (Å²) in [5, 5.41) is 7.13. The second kappa shape index (κ2) is 7.84. The van der Waals surface area contributed by atoms with E-state index in [9.17, 15) is 4.79 Å². The molecule has 1 atom stereocenters. The van der Waals surface area contributed by atoms with Gasteiger partial charge in [0, 0.05) is 17.8 Å².